The summed E-state index contributed by atoms with van der Waals surface area (Å²) in [5, 5.41) is 13.9. The third kappa shape index (κ3) is 5.85. The van der Waals surface area contributed by atoms with Gasteiger partial charge in [-0.15, -0.1) is 0 Å². The molecule has 18 heavy (non-hydrogen) atoms. The normalized spacial score (nSPS) is 12.9. The van der Waals surface area contributed by atoms with Gasteiger partial charge in [0, 0.05) is 17.1 Å². The molecule has 0 heterocycles. The Kier molecular flexibility index (Phi) is 7.33. The number of rotatable bonds is 8. The van der Waals surface area contributed by atoms with E-state index in [1.54, 1.807) is 0 Å². The number of benzene rings is 1. The summed E-state index contributed by atoms with van der Waals surface area (Å²) >= 11 is 6.03. The van der Waals surface area contributed by atoms with Crippen LogP contribution in [0.15, 0.2) is 24.3 Å². The zero-order valence-corrected chi connectivity index (χ0v) is 12.1. The quantitative estimate of drug-likeness (QED) is 0.704. The molecule has 102 valence electrons. The van der Waals surface area contributed by atoms with Gasteiger partial charge in [-0.25, -0.2) is 0 Å². The van der Waals surface area contributed by atoms with Crippen LogP contribution in [0.3, 0.4) is 0 Å². The molecule has 0 aromatic heterocycles. The van der Waals surface area contributed by atoms with Crippen LogP contribution in [0.5, 0.6) is 0 Å². The molecule has 0 bridgehead atoms. The molecular formula is C15H24ClNO. The molecule has 0 radical (unpaired) electrons. The molecule has 2 N–H and O–H groups in total. The lowest BCUT2D eigenvalue weighted by atomic mass is 10.1. The fourth-order valence-corrected chi connectivity index (χ4v) is 2.16. The fourth-order valence-electron chi connectivity index (χ4n) is 1.90. The summed E-state index contributed by atoms with van der Waals surface area (Å²) in [5.41, 5.74) is 0.800. The van der Waals surface area contributed by atoms with Crippen molar-refractivity contribution in [3.63, 3.8) is 0 Å². The first-order valence-corrected chi connectivity index (χ1v) is 7.12. The van der Waals surface area contributed by atoms with E-state index in [4.69, 9.17) is 11.6 Å². The molecule has 1 unspecified atom stereocenters. The molecular weight excluding hydrogens is 246 g/mol. The van der Waals surface area contributed by atoms with E-state index in [2.05, 4.69) is 19.2 Å². The van der Waals surface area contributed by atoms with E-state index in [1.807, 2.05) is 24.3 Å². The van der Waals surface area contributed by atoms with Crippen molar-refractivity contribution in [2.45, 2.75) is 39.2 Å². The Balaban J connectivity index is 2.18. The van der Waals surface area contributed by atoms with E-state index >= 15 is 0 Å². The summed E-state index contributed by atoms with van der Waals surface area (Å²) in [6, 6.07) is 7.45. The van der Waals surface area contributed by atoms with Crippen LogP contribution in [0.1, 0.15) is 44.8 Å². The van der Waals surface area contributed by atoms with Gasteiger partial charge in [-0.1, -0.05) is 56.5 Å². The van der Waals surface area contributed by atoms with Crippen LogP contribution in [0.4, 0.5) is 0 Å². The Morgan fingerprint density at radius 1 is 1.22 bits per heavy atom. The van der Waals surface area contributed by atoms with E-state index in [9.17, 15) is 5.11 Å². The summed E-state index contributed by atoms with van der Waals surface area (Å²) < 4.78 is 0. The van der Waals surface area contributed by atoms with Crippen molar-refractivity contribution in [2.24, 2.45) is 5.92 Å². The minimum atomic E-state index is -0.524. The Morgan fingerprint density at radius 2 is 1.94 bits per heavy atom. The molecule has 0 saturated heterocycles. The summed E-state index contributed by atoms with van der Waals surface area (Å²) in [5.74, 6) is 0.777. The first kappa shape index (κ1) is 15.5. The topological polar surface area (TPSA) is 32.3 Å². The molecule has 1 aromatic carbocycles. The molecule has 3 heteroatoms. The van der Waals surface area contributed by atoms with Gasteiger partial charge in [0.15, 0.2) is 0 Å². The second-order valence-corrected chi connectivity index (χ2v) is 5.54. The second kappa shape index (κ2) is 8.52. The number of halogens is 1. The molecule has 0 saturated carbocycles. The fraction of sp³-hybridized carbons (Fsp3) is 0.600. The maximum absolute atomic E-state index is 10.00. The standard InChI is InChI=1S/C15H24ClNO/c1-12(2)7-5-6-10-17-11-15(18)13-8-3-4-9-14(13)16/h3-4,8-9,12,15,17-18H,5-7,10-11H2,1-2H3. The van der Waals surface area contributed by atoms with Crippen LogP contribution in [-0.2, 0) is 0 Å². The SMILES string of the molecule is CC(C)CCCCNCC(O)c1ccccc1Cl. The highest BCUT2D eigenvalue weighted by atomic mass is 35.5. The average molecular weight is 270 g/mol. The van der Waals surface area contributed by atoms with Crippen LogP contribution < -0.4 is 5.32 Å². The van der Waals surface area contributed by atoms with Gasteiger partial charge in [-0.3, -0.25) is 0 Å². The molecule has 0 aliphatic rings. The number of aliphatic hydroxyl groups is 1. The summed E-state index contributed by atoms with van der Waals surface area (Å²) in [7, 11) is 0. The molecule has 0 aliphatic carbocycles. The number of aliphatic hydroxyl groups excluding tert-OH is 1. The van der Waals surface area contributed by atoms with Crippen molar-refractivity contribution in [1.29, 1.82) is 0 Å². The number of hydrogen-bond donors (Lipinski definition) is 2. The molecule has 0 spiro atoms. The van der Waals surface area contributed by atoms with Gasteiger partial charge in [-0.2, -0.15) is 0 Å². The predicted octanol–water partition coefficient (Wildman–Crippen LogP) is 3.79. The van der Waals surface area contributed by atoms with Gasteiger partial charge in [0.05, 0.1) is 6.10 Å². The van der Waals surface area contributed by atoms with Crippen molar-refractivity contribution in [1.82, 2.24) is 5.32 Å². The van der Waals surface area contributed by atoms with Crippen molar-refractivity contribution in [3.05, 3.63) is 34.9 Å². The van der Waals surface area contributed by atoms with Gasteiger partial charge in [0.2, 0.25) is 0 Å². The Labute approximate surface area is 115 Å². The molecule has 2 nitrogen and oxygen atoms in total. The second-order valence-electron chi connectivity index (χ2n) is 5.13. The third-order valence-corrected chi connectivity index (χ3v) is 3.33. The molecule has 1 rings (SSSR count). The van der Waals surface area contributed by atoms with Crippen LogP contribution in [0.2, 0.25) is 5.02 Å². The van der Waals surface area contributed by atoms with Gasteiger partial charge < -0.3 is 10.4 Å². The Morgan fingerprint density at radius 3 is 2.61 bits per heavy atom. The van der Waals surface area contributed by atoms with E-state index in [1.165, 1.54) is 12.8 Å². The lowest BCUT2D eigenvalue weighted by Gasteiger charge is -2.13. The highest BCUT2D eigenvalue weighted by Gasteiger charge is 2.09. The number of hydrogen-bond acceptors (Lipinski definition) is 2. The van der Waals surface area contributed by atoms with E-state index < -0.39 is 6.10 Å². The zero-order valence-electron chi connectivity index (χ0n) is 11.3. The van der Waals surface area contributed by atoms with Crippen molar-refractivity contribution in [3.8, 4) is 0 Å². The lowest BCUT2D eigenvalue weighted by molar-refractivity contribution is 0.175. The van der Waals surface area contributed by atoms with Gasteiger partial charge >= 0.3 is 0 Å². The average Bonchev–Trinajstić information content (AvgIpc) is 2.33. The van der Waals surface area contributed by atoms with Gasteiger partial charge in [0.25, 0.3) is 0 Å². The monoisotopic (exact) mass is 269 g/mol. The largest absolute Gasteiger partial charge is 0.387 e. The lowest BCUT2D eigenvalue weighted by Crippen LogP contribution is -2.22. The Hall–Kier alpha value is -0.570. The Bertz CT molecular complexity index is 341. The van der Waals surface area contributed by atoms with Crippen LogP contribution in [0.25, 0.3) is 0 Å². The van der Waals surface area contributed by atoms with Gasteiger partial charge in [-0.05, 0) is 24.9 Å². The third-order valence-electron chi connectivity index (χ3n) is 2.99. The summed E-state index contributed by atoms with van der Waals surface area (Å²) in [4.78, 5) is 0. The number of unbranched alkanes of at least 4 members (excludes halogenated alkanes) is 1. The van der Waals surface area contributed by atoms with Crippen LogP contribution >= 0.6 is 11.6 Å². The molecule has 0 fully saturated rings. The minimum absolute atomic E-state index is 0.524. The van der Waals surface area contributed by atoms with Crippen molar-refractivity contribution in [2.75, 3.05) is 13.1 Å². The first-order valence-electron chi connectivity index (χ1n) is 6.74. The maximum atomic E-state index is 10.00. The maximum Gasteiger partial charge on any atom is 0.0928 e. The first-order chi connectivity index (χ1) is 8.61. The number of nitrogens with one attached hydrogen (secondary N) is 1. The van der Waals surface area contributed by atoms with Crippen LogP contribution in [0, 0.1) is 5.92 Å². The summed E-state index contributed by atoms with van der Waals surface area (Å²) in [6.45, 7) is 6.00. The highest BCUT2D eigenvalue weighted by molar-refractivity contribution is 6.31. The van der Waals surface area contributed by atoms with Gasteiger partial charge in [0.1, 0.15) is 0 Å². The van der Waals surface area contributed by atoms with E-state index in [0.29, 0.717) is 11.6 Å². The van der Waals surface area contributed by atoms with E-state index in [0.717, 1.165) is 24.4 Å². The molecule has 1 aromatic rings. The summed E-state index contributed by atoms with van der Waals surface area (Å²) in [6.07, 6.45) is 3.15. The zero-order chi connectivity index (χ0) is 13.4. The van der Waals surface area contributed by atoms with Crippen molar-refractivity contribution >= 4 is 11.6 Å². The smallest absolute Gasteiger partial charge is 0.0928 e. The molecule has 1 atom stereocenters. The van der Waals surface area contributed by atoms with Crippen LogP contribution in [-0.4, -0.2) is 18.2 Å². The highest BCUT2D eigenvalue weighted by Crippen LogP contribution is 2.21. The van der Waals surface area contributed by atoms with E-state index in [-0.39, 0.29) is 0 Å². The predicted molar refractivity (Wildman–Crippen MR) is 78.0 cm³/mol. The minimum Gasteiger partial charge on any atom is -0.387 e. The molecule has 0 amide bonds. The van der Waals surface area contributed by atoms with Crippen molar-refractivity contribution < 1.29 is 5.11 Å². The molecule has 0 aliphatic heterocycles.